The maximum Gasteiger partial charge on any atom is 0.272 e. The molecule has 3 rings (SSSR count). The summed E-state index contributed by atoms with van der Waals surface area (Å²) in [5.41, 5.74) is 2.10. The molecule has 132 valence electrons. The van der Waals surface area contributed by atoms with Crippen LogP contribution in [0.25, 0.3) is 11.3 Å². The molecule has 6 nitrogen and oxygen atoms in total. The van der Waals surface area contributed by atoms with Crippen molar-refractivity contribution in [1.82, 2.24) is 20.5 Å². The number of methoxy groups -OCH3 is 1. The maximum atomic E-state index is 13.2. The van der Waals surface area contributed by atoms with Crippen LogP contribution in [0.3, 0.4) is 0 Å². The van der Waals surface area contributed by atoms with Crippen LogP contribution in [0, 0.1) is 5.95 Å². The lowest BCUT2D eigenvalue weighted by molar-refractivity contribution is 0.0933. The second kappa shape index (κ2) is 7.69. The van der Waals surface area contributed by atoms with E-state index in [2.05, 4.69) is 20.5 Å². The molecule has 0 bridgehead atoms. The van der Waals surface area contributed by atoms with Gasteiger partial charge in [0.05, 0.1) is 18.8 Å². The van der Waals surface area contributed by atoms with Crippen molar-refractivity contribution in [3.8, 4) is 17.0 Å². The predicted octanol–water partition coefficient (Wildman–Crippen LogP) is 3.18. The molecule has 1 N–H and O–H groups in total. The van der Waals surface area contributed by atoms with Crippen molar-refractivity contribution in [3.05, 3.63) is 71.9 Å². The fourth-order valence-corrected chi connectivity index (χ4v) is 2.43. The molecule has 0 aliphatic carbocycles. The number of halogens is 1. The number of carbonyl (C=O) groups excluding carboxylic acids is 1. The van der Waals surface area contributed by atoms with E-state index in [1.165, 1.54) is 12.3 Å². The van der Waals surface area contributed by atoms with Gasteiger partial charge in [-0.05, 0) is 42.8 Å². The summed E-state index contributed by atoms with van der Waals surface area (Å²) in [4.78, 5) is 15.9. The molecule has 1 aromatic carbocycles. The Morgan fingerprint density at radius 1 is 1.15 bits per heavy atom. The van der Waals surface area contributed by atoms with Crippen LogP contribution in [-0.4, -0.2) is 28.2 Å². The lowest BCUT2D eigenvalue weighted by Gasteiger charge is -2.14. The normalized spacial score (nSPS) is 11.7. The van der Waals surface area contributed by atoms with Crippen molar-refractivity contribution in [3.63, 3.8) is 0 Å². The molecule has 0 saturated carbocycles. The van der Waals surface area contributed by atoms with E-state index in [4.69, 9.17) is 4.74 Å². The van der Waals surface area contributed by atoms with Gasteiger partial charge in [0.15, 0.2) is 5.69 Å². The zero-order chi connectivity index (χ0) is 18.5. The number of nitrogens with zero attached hydrogens (tertiary/aromatic N) is 3. The van der Waals surface area contributed by atoms with Crippen LogP contribution < -0.4 is 10.1 Å². The Balaban J connectivity index is 1.71. The average Bonchev–Trinajstić information content (AvgIpc) is 2.68. The molecule has 3 aromatic rings. The monoisotopic (exact) mass is 352 g/mol. The Hall–Kier alpha value is -3.35. The Morgan fingerprint density at radius 2 is 2.00 bits per heavy atom. The summed E-state index contributed by atoms with van der Waals surface area (Å²) >= 11 is 0. The first kappa shape index (κ1) is 17.5. The lowest BCUT2D eigenvalue weighted by Crippen LogP contribution is -2.27. The van der Waals surface area contributed by atoms with Crippen LogP contribution in [0.2, 0.25) is 0 Å². The largest absolute Gasteiger partial charge is 0.497 e. The van der Waals surface area contributed by atoms with Gasteiger partial charge < -0.3 is 10.1 Å². The summed E-state index contributed by atoms with van der Waals surface area (Å²) in [6.07, 6.45) is 1.35. The Labute approximate surface area is 150 Å². The van der Waals surface area contributed by atoms with Gasteiger partial charge in [0.2, 0.25) is 5.95 Å². The Morgan fingerprint density at radius 3 is 2.69 bits per heavy atom. The number of hydrogen-bond donors (Lipinski definition) is 1. The molecule has 26 heavy (non-hydrogen) atoms. The van der Waals surface area contributed by atoms with E-state index in [0.29, 0.717) is 11.3 Å². The second-order valence-corrected chi connectivity index (χ2v) is 5.64. The second-order valence-electron chi connectivity index (χ2n) is 5.64. The fourth-order valence-electron chi connectivity index (χ4n) is 2.43. The third-order valence-electron chi connectivity index (χ3n) is 3.86. The van der Waals surface area contributed by atoms with Crippen molar-refractivity contribution in [2.75, 3.05) is 7.11 Å². The number of benzene rings is 1. The molecule has 0 radical (unpaired) electrons. The molecule has 0 spiro atoms. The molecule has 7 heteroatoms. The fraction of sp³-hybridized carbons (Fsp3) is 0.158. The van der Waals surface area contributed by atoms with Crippen LogP contribution >= 0.6 is 0 Å². The van der Waals surface area contributed by atoms with E-state index < -0.39 is 5.95 Å². The lowest BCUT2D eigenvalue weighted by atomic mass is 10.1. The molecule has 0 saturated heterocycles. The topological polar surface area (TPSA) is 77.0 Å². The minimum Gasteiger partial charge on any atom is -0.497 e. The molecule has 1 atom stereocenters. The molecule has 0 fully saturated rings. The van der Waals surface area contributed by atoms with E-state index in [-0.39, 0.29) is 17.6 Å². The van der Waals surface area contributed by atoms with Crippen molar-refractivity contribution in [2.45, 2.75) is 13.0 Å². The first-order valence-corrected chi connectivity index (χ1v) is 7.97. The first-order valence-electron chi connectivity index (χ1n) is 7.97. The number of pyridine rings is 1. The zero-order valence-electron chi connectivity index (χ0n) is 14.3. The quantitative estimate of drug-likeness (QED) is 0.714. The molecule has 1 amide bonds. The highest BCUT2D eigenvalue weighted by atomic mass is 19.1. The minimum absolute atomic E-state index is 0.179. The third kappa shape index (κ3) is 4.00. The van der Waals surface area contributed by atoms with Gasteiger partial charge in [0.1, 0.15) is 5.75 Å². The number of nitrogens with one attached hydrogen (secondary N) is 1. The number of carbonyl (C=O) groups is 1. The smallest absolute Gasteiger partial charge is 0.272 e. The number of aromatic nitrogens is 3. The van der Waals surface area contributed by atoms with Gasteiger partial charge in [-0.15, -0.1) is 10.2 Å². The predicted molar refractivity (Wildman–Crippen MR) is 94.1 cm³/mol. The third-order valence-corrected chi connectivity index (χ3v) is 3.86. The van der Waals surface area contributed by atoms with Crippen LogP contribution in [0.4, 0.5) is 4.39 Å². The number of ether oxygens (including phenoxy) is 1. The van der Waals surface area contributed by atoms with Crippen molar-refractivity contribution >= 4 is 5.91 Å². The van der Waals surface area contributed by atoms with E-state index in [0.717, 1.165) is 11.3 Å². The van der Waals surface area contributed by atoms with Crippen molar-refractivity contribution < 1.29 is 13.9 Å². The maximum absolute atomic E-state index is 13.2. The SMILES string of the molecule is COc1cccc([C@@H](C)NC(=O)c2ccc(-c3ccnc(F)c3)nn2)c1. The molecular formula is C19H17FN4O2. The van der Waals surface area contributed by atoms with Gasteiger partial charge in [-0.1, -0.05) is 12.1 Å². The summed E-state index contributed by atoms with van der Waals surface area (Å²) < 4.78 is 18.4. The summed E-state index contributed by atoms with van der Waals surface area (Å²) in [7, 11) is 1.59. The summed E-state index contributed by atoms with van der Waals surface area (Å²) in [6.45, 7) is 1.87. The van der Waals surface area contributed by atoms with Crippen molar-refractivity contribution in [2.24, 2.45) is 0 Å². The highest BCUT2D eigenvalue weighted by molar-refractivity contribution is 5.92. The van der Waals surface area contributed by atoms with Gasteiger partial charge in [0.25, 0.3) is 5.91 Å². The van der Waals surface area contributed by atoms with Gasteiger partial charge in [-0.2, -0.15) is 4.39 Å². The number of amides is 1. The van der Waals surface area contributed by atoms with Crippen LogP contribution in [0.5, 0.6) is 5.75 Å². The number of hydrogen-bond acceptors (Lipinski definition) is 5. The van der Waals surface area contributed by atoms with Gasteiger partial charge in [-0.3, -0.25) is 4.79 Å². The molecule has 0 unspecified atom stereocenters. The number of rotatable bonds is 5. The van der Waals surface area contributed by atoms with Gasteiger partial charge >= 0.3 is 0 Å². The van der Waals surface area contributed by atoms with E-state index in [9.17, 15) is 9.18 Å². The Bertz CT molecular complexity index is 915. The first-order chi connectivity index (χ1) is 12.6. The van der Waals surface area contributed by atoms with Crippen LogP contribution in [0.15, 0.2) is 54.7 Å². The standard InChI is InChI=1S/C19H17FN4O2/c1-12(13-4-3-5-15(10-13)26-2)22-19(25)17-7-6-16(23-24-17)14-8-9-21-18(20)11-14/h3-12H,1-2H3,(H,22,25)/t12-/m1/s1. The van der Waals surface area contributed by atoms with E-state index >= 15 is 0 Å². The van der Waals surface area contributed by atoms with Crippen LogP contribution in [-0.2, 0) is 0 Å². The van der Waals surface area contributed by atoms with E-state index in [1.807, 2.05) is 31.2 Å². The molecule has 0 aliphatic heterocycles. The highest BCUT2D eigenvalue weighted by Gasteiger charge is 2.14. The highest BCUT2D eigenvalue weighted by Crippen LogP contribution is 2.19. The molecule has 0 aliphatic rings. The van der Waals surface area contributed by atoms with Crippen LogP contribution in [0.1, 0.15) is 29.0 Å². The zero-order valence-corrected chi connectivity index (χ0v) is 14.3. The summed E-state index contributed by atoms with van der Waals surface area (Å²) in [5.74, 6) is -0.226. The van der Waals surface area contributed by atoms with Crippen molar-refractivity contribution in [1.29, 1.82) is 0 Å². The van der Waals surface area contributed by atoms with Gasteiger partial charge in [0, 0.05) is 17.8 Å². The molecule has 2 aromatic heterocycles. The molecular weight excluding hydrogens is 335 g/mol. The van der Waals surface area contributed by atoms with Gasteiger partial charge in [-0.25, -0.2) is 4.98 Å². The average molecular weight is 352 g/mol. The Kier molecular flexibility index (Phi) is 5.17. The summed E-state index contributed by atoms with van der Waals surface area (Å²) in [5, 5.41) is 10.8. The molecule has 2 heterocycles. The minimum atomic E-state index is -0.599. The van der Waals surface area contributed by atoms with E-state index in [1.54, 1.807) is 25.3 Å². The summed E-state index contributed by atoms with van der Waals surface area (Å²) in [6, 6.07) is 13.3.